The number of methoxy groups -OCH3 is 1. The van der Waals surface area contributed by atoms with E-state index in [1.165, 1.54) is 0 Å². The fourth-order valence-corrected chi connectivity index (χ4v) is 0.804. The van der Waals surface area contributed by atoms with Gasteiger partial charge in [0, 0.05) is 13.7 Å². The zero-order valence-electron chi connectivity index (χ0n) is 8.65. The molecule has 0 radical (unpaired) electrons. The summed E-state index contributed by atoms with van der Waals surface area (Å²) < 4.78 is 10.3. The average molecular weight is 200 g/mol. The first-order valence-corrected chi connectivity index (χ1v) is 4.49. The Balaban J connectivity index is 2.44. The lowest BCUT2D eigenvalue weighted by atomic mass is 10.4. The molecule has 1 heterocycles. The summed E-state index contributed by atoms with van der Waals surface area (Å²) in [6.07, 6.45) is 0.0978. The molecular formula is C8H16N4O2. The molecule has 0 aliphatic heterocycles. The highest BCUT2D eigenvalue weighted by Gasteiger charge is 2.09. The van der Waals surface area contributed by atoms with Crippen LogP contribution in [-0.4, -0.2) is 30.0 Å². The van der Waals surface area contributed by atoms with Crippen LogP contribution in [0.2, 0.25) is 0 Å². The third-order valence-electron chi connectivity index (χ3n) is 1.77. The standard InChI is InChI=1S/C8H16N4O2/c1-5(13-3)4-10-8-12-11-7(14-8)6(2)9/h5-6H,4,9H2,1-3H3,(H,10,12). The molecule has 0 fully saturated rings. The number of rotatable bonds is 5. The van der Waals surface area contributed by atoms with Crippen LogP contribution in [0.15, 0.2) is 4.42 Å². The van der Waals surface area contributed by atoms with E-state index in [1.54, 1.807) is 14.0 Å². The Hall–Kier alpha value is -1.14. The Bertz CT molecular complexity index is 274. The molecule has 0 aliphatic carbocycles. The monoisotopic (exact) mass is 200 g/mol. The van der Waals surface area contributed by atoms with Crippen LogP contribution in [0.4, 0.5) is 6.01 Å². The van der Waals surface area contributed by atoms with Gasteiger partial charge in [-0.15, -0.1) is 5.10 Å². The van der Waals surface area contributed by atoms with Crippen molar-refractivity contribution in [2.45, 2.75) is 26.0 Å². The van der Waals surface area contributed by atoms with E-state index in [4.69, 9.17) is 14.9 Å². The largest absolute Gasteiger partial charge is 0.406 e. The highest BCUT2D eigenvalue weighted by molar-refractivity contribution is 5.17. The minimum atomic E-state index is -0.238. The first-order valence-electron chi connectivity index (χ1n) is 4.49. The van der Waals surface area contributed by atoms with Crippen LogP contribution in [0.25, 0.3) is 0 Å². The first-order chi connectivity index (χ1) is 6.63. The van der Waals surface area contributed by atoms with E-state index in [0.29, 0.717) is 18.5 Å². The molecule has 0 saturated heterocycles. The summed E-state index contributed by atoms with van der Waals surface area (Å²) >= 11 is 0. The molecular weight excluding hydrogens is 184 g/mol. The third-order valence-corrected chi connectivity index (χ3v) is 1.77. The van der Waals surface area contributed by atoms with Crippen LogP contribution in [0.5, 0.6) is 0 Å². The van der Waals surface area contributed by atoms with Crippen molar-refractivity contribution >= 4 is 6.01 Å². The van der Waals surface area contributed by atoms with Crippen molar-refractivity contribution < 1.29 is 9.15 Å². The van der Waals surface area contributed by atoms with Gasteiger partial charge < -0.3 is 20.2 Å². The van der Waals surface area contributed by atoms with Gasteiger partial charge in [-0.05, 0) is 13.8 Å². The predicted molar refractivity (Wildman–Crippen MR) is 51.9 cm³/mol. The van der Waals surface area contributed by atoms with E-state index in [1.807, 2.05) is 6.92 Å². The third kappa shape index (κ3) is 2.97. The van der Waals surface area contributed by atoms with Crippen LogP contribution in [-0.2, 0) is 4.74 Å². The fourth-order valence-electron chi connectivity index (χ4n) is 0.804. The quantitative estimate of drug-likeness (QED) is 0.721. The second kappa shape index (κ2) is 4.92. The molecule has 1 rings (SSSR count). The van der Waals surface area contributed by atoms with Crippen molar-refractivity contribution in [3.05, 3.63) is 5.89 Å². The van der Waals surface area contributed by atoms with Gasteiger partial charge in [-0.1, -0.05) is 5.10 Å². The lowest BCUT2D eigenvalue weighted by molar-refractivity contribution is 0.128. The molecule has 2 unspecified atom stereocenters. The van der Waals surface area contributed by atoms with E-state index >= 15 is 0 Å². The topological polar surface area (TPSA) is 86.2 Å². The van der Waals surface area contributed by atoms with E-state index in [2.05, 4.69) is 15.5 Å². The van der Waals surface area contributed by atoms with Crippen molar-refractivity contribution in [2.75, 3.05) is 19.0 Å². The Kier molecular flexibility index (Phi) is 3.84. The number of hydrogen-bond donors (Lipinski definition) is 2. The van der Waals surface area contributed by atoms with Gasteiger partial charge in [0.25, 0.3) is 0 Å². The second-order valence-corrected chi connectivity index (χ2v) is 3.16. The molecule has 1 aromatic rings. The summed E-state index contributed by atoms with van der Waals surface area (Å²) in [7, 11) is 1.65. The maximum Gasteiger partial charge on any atom is 0.315 e. The molecule has 6 nitrogen and oxygen atoms in total. The van der Waals surface area contributed by atoms with Gasteiger partial charge in [-0.2, -0.15) is 0 Å². The molecule has 0 bridgehead atoms. The van der Waals surface area contributed by atoms with Gasteiger partial charge in [0.05, 0.1) is 12.1 Å². The SMILES string of the molecule is COC(C)CNc1nnc(C(C)N)o1. The molecule has 0 saturated carbocycles. The molecule has 3 N–H and O–H groups in total. The lowest BCUT2D eigenvalue weighted by Gasteiger charge is -2.08. The van der Waals surface area contributed by atoms with Crippen LogP contribution < -0.4 is 11.1 Å². The minimum Gasteiger partial charge on any atom is -0.406 e. The lowest BCUT2D eigenvalue weighted by Crippen LogP contribution is -2.18. The molecule has 6 heteroatoms. The van der Waals surface area contributed by atoms with E-state index in [0.717, 1.165) is 0 Å². The Morgan fingerprint density at radius 3 is 2.71 bits per heavy atom. The number of aromatic nitrogens is 2. The van der Waals surface area contributed by atoms with Gasteiger partial charge in [-0.3, -0.25) is 0 Å². The maximum absolute atomic E-state index is 5.56. The summed E-state index contributed by atoms with van der Waals surface area (Å²) in [5.41, 5.74) is 5.56. The van der Waals surface area contributed by atoms with Gasteiger partial charge in [0.2, 0.25) is 5.89 Å². The highest BCUT2D eigenvalue weighted by atomic mass is 16.5. The predicted octanol–water partition coefficient (Wildman–Crippen LogP) is 0.536. The number of ether oxygens (including phenoxy) is 1. The van der Waals surface area contributed by atoms with E-state index in [9.17, 15) is 0 Å². The highest BCUT2D eigenvalue weighted by Crippen LogP contribution is 2.10. The summed E-state index contributed by atoms with van der Waals surface area (Å²) in [6, 6.07) is 0.138. The second-order valence-electron chi connectivity index (χ2n) is 3.16. The van der Waals surface area contributed by atoms with Crippen molar-refractivity contribution in [1.82, 2.24) is 10.2 Å². The number of anilines is 1. The van der Waals surface area contributed by atoms with Crippen molar-refractivity contribution in [2.24, 2.45) is 5.73 Å². The first kappa shape index (κ1) is 10.9. The van der Waals surface area contributed by atoms with Gasteiger partial charge in [-0.25, -0.2) is 0 Å². The maximum atomic E-state index is 5.56. The molecule has 2 atom stereocenters. The molecule has 0 spiro atoms. The normalized spacial score (nSPS) is 15.1. The Labute approximate surface area is 82.8 Å². The van der Waals surface area contributed by atoms with Crippen LogP contribution >= 0.6 is 0 Å². The number of hydrogen-bond acceptors (Lipinski definition) is 6. The fraction of sp³-hybridized carbons (Fsp3) is 0.750. The van der Waals surface area contributed by atoms with Crippen LogP contribution in [0.1, 0.15) is 25.8 Å². The zero-order valence-corrected chi connectivity index (χ0v) is 8.65. The number of nitrogens with two attached hydrogens (primary N) is 1. The summed E-state index contributed by atoms with van der Waals surface area (Å²) in [6.45, 7) is 4.35. The molecule has 80 valence electrons. The summed E-state index contributed by atoms with van der Waals surface area (Å²) in [4.78, 5) is 0. The molecule has 14 heavy (non-hydrogen) atoms. The van der Waals surface area contributed by atoms with Crippen molar-refractivity contribution in [3.63, 3.8) is 0 Å². The molecule has 0 aliphatic rings. The number of nitrogens with one attached hydrogen (secondary N) is 1. The minimum absolute atomic E-state index is 0.0978. The Morgan fingerprint density at radius 2 is 2.21 bits per heavy atom. The summed E-state index contributed by atoms with van der Waals surface area (Å²) in [5.74, 6) is 0.428. The van der Waals surface area contributed by atoms with Crippen molar-refractivity contribution in [1.29, 1.82) is 0 Å². The number of nitrogens with zero attached hydrogens (tertiary/aromatic N) is 2. The van der Waals surface area contributed by atoms with E-state index < -0.39 is 0 Å². The van der Waals surface area contributed by atoms with Crippen LogP contribution in [0.3, 0.4) is 0 Å². The van der Waals surface area contributed by atoms with Gasteiger partial charge >= 0.3 is 6.01 Å². The molecule has 1 aromatic heterocycles. The summed E-state index contributed by atoms with van der Waals surface area (Å²) in [5, 5.41) is 10.5. The molecule has 0 aromatic carbocycles. The van der Waals surface area contributed by atoms with Crippen molar-refractivity contribution in [3.8, 4) is 0 Å². The van der Waals surface area contributed by atoms with E-state index in [-0.39, 0.29) is 12.1 Å². The molecule has 0 amide bonds. The van der Waals surface area contributed by atoms with Gasteiger partial charge in [0.15, 0.2) is 0 Å². The van der Waals surface area contributed by atoms with Crippen LogP contribution in [0, 0.1) is 0 Å². The smallest absolute Gasteiger partial charge is 0.315 e. The van der Waals surface area contributed by atoms with Gasteiger partial charge in [0.1, 0.15) is 0 Å². The Morgan fingerprint density at radius 1 is 1.50 bits per heavy atom. The average Bonchev–Trinajstić information content (AvgIpc) is 2.62. The zero-order chi connectivity index (χ0) is 10.6.